The van der Waals surface area contributed by atoms with Crippen molar-refractivity contribution in [2.45, 2.75) is 6.92 Å². The summed E-state index contributed by atoms with van der Waals surface area (Å²) in [6, 6.07) is 1.37. The Morgan fingerprint density at radius 3 is 2.76 bits per heavy atom. The summed E-state index contributed by atoms with van der Waals surface area (Å²) in [5.74, 6) is -1.45. The molecule has 6 heteroatoms. The van der Waals surface area contributed by atoms with Gasteiger partial charge in [-0.1, -0.05) is 6.92 Å². The highest BCUT2D eigenvalue weighted by molar-refractivity contribution is 5.94. The second-order valence-corrected chi connectivity index (χ2v) is 3.72. The van der Waals surface area contributed by atoms with Gasteiger partial charge in [0.1, 0.15) is 0 Å². The average Bonchev–Trinajstić information content (AvgIpc) is 2.29. The van der Waals surface area contributed by atoms with Gasteiger partial charge in [-0.15, -0.1) is 0 Å². The van der Waals surface area contributed by atoms with Gasteiger partial charge in [0.15, 0.2) is 0 Å². The van der Waals surface area contributed by atoms with Crippen molar-refractivity contribution in [3.8, 4) is 0 Å². The first-order chi connectivity index (χ1) is 8.04. The lowest BCUT2D eigenvalue weighted by atomic mass is 10.1. The van der Waals surface area contributed by atoms with E-state index in [4.69, 9.17) is 5.11 Å². The number of carboxylic acid groups (broad SMARTS) is 1. The van der Waals surface area contributed by atoms with Gasteiger partial charge in [0.25, 0.3) is 0 Å². The predicted molar refractivity (Wildman–Crippen MR) is 62.9 cm³/mol. The SMILES string of the molecule is CNCC(C)C(=O)Nc1cncc(C(=O)O)c1. The van der Waals surface area contributed by atoms with E-state index in [1.807, 2.05) is 0 Å². The molecule has 1 atom stereocenters. The van der Waals surface area contributed by atoms with E-state index in [0.717, 1.165) is 0 Å². The highest BCUT2D eigenvalue weighted by Crippen LogP contribution is 2.09. The van der Waals surface area contributed by atoms with Crippen molar-refractivity contribution in [1.29, 1.82) is 0 Å². The zero-order chi connectivity index (χ0) is 12.8. The molecule has 0 bridgehead atoms. The summed E-state index contributed by atoms with van der Waals surface area (Å²) in [4.78, 5) is 26.1. The highest BCUT2D eigenvalue weighted by atomic mass is 16.4. The van der Waals surface area contributed by atoms with Gasteiger partial charge >= 0.3 is 5.97 Å². The number of anilines is 1. The molecule has 1 amide bonds. The summed E-state index contributed by atoms with van der Waals surface area (Å²) >= 11 is 0. The van der Waals surface area contributed by atoms with E-state index in [0.29, 0.717) is 12.2 Å². The summed E-state index contributed by atoms with van der Waals surface area (Å²) in [6.07, 6.45) is 2.64. The Morgan fingerprint density at radius 1 is 1.47 bits per heavy atom. The Balaban J connectivity index is 2.71. The molecule has 1 heterocycles. The van der Waals surface area contributed by atoms with Crippen molar-refractivity contribution in [3.63, 3.8) is 0 Å². The van der Waals surface area contributed by atoms with E-state index >= 15 is 0 Å². The molecule has 0 fully saturated rings. The minimum atomic E-state index is -1.07. The van der Waals surface area contributed by atoms with Gasteiger partial charge in [-0.3, -0.25) is 9.78 Å². The topological polar surface area (TPSA) is 91.3 Å². The summed E-state index contributed by atoms with van der Waals surface area (Å²) in [6.45, 7) is 2.33. The number of aromatic carboxylic acids is 1. The fraction of sp³-hybridized carbons (Fsp3) is 0.364. The molecule has 3 N–H and O–H groups in total. The number of pyridine rings is 1. The molecule has 0 spiro atoms. The number of rotatable bonds is 5. The normalized spacial score (nSPS) is 11.9. The largest absolute Gasteiger partial charge is 0.478 e. The predicted octanol–water partition coefficient (Wildman–Crippen LogP) is 0.574. The lowest BCUT2D eigenvalue weighted by Crippen LogP contribution is -2.28. The molecule has 1 rings (SSSR count). The third-order valence-corrected chi connectivity index (χ3v) is 2.21. The third-order valence-electron chi connectivity index (χ3n) is 2.21. The van der Waals surface area contributed by atoms with Crippen LogP contribution in [-0.2, 0) is 4.79 Å². The van der Waals surface area contributed by atoms with Gasteiger partial charge in [-0.25, -0.2) is 4.79 Å². The van der Waals surface area contributed by atoms with E-state index in [2.05, 4.69) is 15.6 Å². The van der Waals surface area contributed by atoms with E-state index < -0.39 is 5.97 Å². The smallest absolute Gasteiger partial charge is 0.337 e. The number of hydrogen-bond acceptors (Lipinski definition) is 4. The van der Waals surface area contributed by atoms with Crippen LogP contribution in [-0.4, -0.2) is 35.6 Å². The van der Waals surface area contributed by atoms with Crippen molar-refractivity contribution >= 4 is 17.6 Å². The van der Waals surface area contributed by atoms with Crippen molar-refractivity contribution < 1.29 is 14.7 Å². The standard InChI is InChI=1S/C11H15N3O3/c1-7(4-12-2)10(15)14-9-3-8(11(16)17)5-13-6-9/h3,5-7,12H,4H2,1-2H3,(H,14,15)(H,16,17). The van der Waals surface area contributed by atoms with Gasteiger partial charge in [-0.05, 0) is 13.1 Å². The van der Waals surface area contributed by atoms with Crippen molar-refractivity contribution in [2.24, 2.45) is 5.92 Å². The molecule has 17 heavy (non-hydrogen) atoms. The monoisotopic (exact) mass is 237 g/mol. The lowest BCUT2D eigenvalue weighted by molar-refractivity contribution is -0.119. The minimum absolute atomic E-state index is 0.0454. The number of nitrogens with one attached hydrogen (secondary N) is 2. The molecule has 92 valence electrons. The molecule has 1 aromatic heterocycles. The Bertz CT molecular complexity index is 420. The molecule has 1 unspecified atom stereocenters. The lowest BCUT2D eigenvalue weighted by Gasteiger charge is -2.11. The van der Waals surface area contributed by atoms with Crippen LogP contribution in [0.4, 0.5) is 5.69 Å². The molecular weight excluding hydrogens is 222 g/mol. The first kappa shape index (κ1) is 13.1. The van der Waals surface area contributed by atoms with Crippen LogP contribution in [0.3, 0.4) is 0 Å². The second kappa shape index (κ2) is 5.95. The molecule has 0 aromatic carbocycles. The Kier molecular flexibility index (Phi) is 4.59. The molecule has 0 radical (unpaired) electrons. The summed E-state index contributed by atoms with van der Waals surface area (Å²) in [5, 5.41) is 14.3. The van der Waals surface area contributed by atoms with Crippen LogP contribution in [0, 0.1) is 5.92 Å². The Hall–Kier alpha value is -1.95. The molecule has 0 saturated carbocycles. The quantitative estimate of drug-likeness (QED) is 0.696. The number of carbonyl (C=O) groups excluding carboxylic acids is 1. The minimum Gasteiger partial charge on any atom is -0.478 e. The number of amides is 1. The molecular formula is C11H15N3O3. The Labute approximate surface area is 99.1 Å². The van der Waals surface area contributed by atoms with Crippen LogP contribution in [0.15, 0.2) is 18.5 Å². The van der Waals surface area contributed by atoms with Gasteiger partial charge in [0, 0.05) is 18.7 Å². The number of aromatic nitrogens is 1. The highest BCUT2D eigenvalue weighted by Gasteiger charge is 2.13. The zero-order valence-corrected chi connectivity index (χ0v) is 9.73. The van der Waals surface area contributed by atoms with Crippen molar-refractivity contribution in [2.75, 3.05) is 18.9 Å². The zero-order valence-electron chi connectivity index (χ0n) is 9.73. The third kappa shape index (κ3) is 3.84. The first-order valence-corrected chi connectivity index (χ1v) is 5.18. The molecule has 1 aromatic rings. The maximum Gasteiger partial charge on any atom is 0.337 e. The number of hydrogen-bond donors (Lipinski definition) is 3. The van der Waals surface area contributed by atoms with Gasteiger partial charge in [-0.2, -0.15) is 0 Å². The van der Waals surface area contributed by atoms with Gasteiger partial charge in [0.2, 0.25) is 5.91 Å². The number of nitrogens with zero attached hydrogens (tertiary/aromatic N) is 1. The fourth-order valence-electron chi connectivity index (χ4n) is 1.29. The molecule has 0 aliphatic carbocycles. The van der Waals surface area contributed by atoms with Gasteiger partial charge in [0.05, 0.1) is 17.4 Å². The van der Waals surface area contributed by atoms with Crippen LogP contribution in [0.2, 0.25) is 0 Å². The number of carboxylic acids is 1. The average molecular weight is 237 g/mol. The summed E-state index contributed by atoms with van der Waals surface area (Å²) in [5.41, 5.74) is 0.432. The van der Waals surface area contributed by atoms with Crippen LogP contribution in [0.5, 0.6) is 0 Å². The van der Waals surface area contributed by atoms with Crippen LogP contribution in [0.25, 0.3) is 0 Å². The molecule has 0 aliphatic rings. The van der Waals surface area contributed by atoms with E-state index in [1.54, 1.807) is 14.0 Å². The first-order valence-electron chi connectivity index (χ1n) is 5.18. The van der Waals surface area contributed by atoms with Crippen LogP contribution in [0.1, 0.15) is 17.3 Å². The molecule has 0 saturated heterocycles. The van der Waals surface area contributed by atoms with Crippen LogP contribution >= 0.6 is 0 Å². The summed E-state index contributed by atoms with van der Waals surface area (Å²) in [7, 11) is 1.76. The van der Waals surface area contributed by atoms with Crippen molar-refractivity contribution in [1.82, 2.24) is 10.3 Å². The maximum atomic E-state index is 11.7. The van der Waals surface area contributed by atoms with Gasteiger partial charge < -0.3 is 15.7 Å². The number of carbonyl (C=O) groups is 2. The molecule has 0 aliphatic heterocycles. The Morgan fingerprint density at radius 2 is 2.18 bits per heavy atom. The maximum absolute atomic E-state index is 11.7. The fourth-order valence-corrected chi connectivity index (χ4v) is 1.29. The van der Waals surface area contributed by atoms with E-state index in [9.17, 15) is 9.59 Å². The van der Waals surface area contributed by atoms with Crippen LogP contribution < -0.4 is 10.6 Å². The van der Waals surface area contributed by atoms with E-state index in [-0.39, 0.29) is 17.4 Å². The summed E-state index contributed by atoms with van der Waals surface area (Å²) < 4.78 is 0. The molecule has 6 nitrogen and oxygen atoms in total. The van der Waals surface area contributed by atoms with Crippen molar-refractivity contribution in [3.05, 3.63) is 24.0 Å². The second-order valence-electron chi connectivity index (χ2n) is 3.72. The van der Waals surface area contributed by atoms with E-state index in [1.165, 1.54) is 18.5 Å².